The SMILES string of the molecule is O=C(NCC1COCCO1)C1CNc2ccccc21. The Hall–Kier alpha value is -1.59. The van der Waals surface area contributed by atoms with E-state index in [0.29, 0.717) is 32.9 Å². The van der Waals surface area contributed by atoms with Crippen LogP contribution in [-0.4, -0.2) is 44.9 Å². The standard InChI is InChI=1S/C14H18N2O3/c17-14(16-7-10-9-18-5-6-19-10)12-8-15-13-4-2-1-3-11(12)13/h1-4,10,12,15H,5-9H2,(H,16,17). The predicted molar refractivity (Wildman–Crippen MR) is 71.2 cm³/mol. The Bertz CT molecular complexity index is 458. The molecule has 0 aliphatic carbocycles. The topological polar surface area (TPSA) is 59.6 Å². The number of fused-ring (bicyclic) bond motifs is 1. The summed E-state index contributed by atoms with van der Waals surface area (Å²) in [4.78, 5) is 12.2. The van der Waals surface area contributed by atoms with Crippen molar-refractivity contribution in [2.75, 3.05) is 38.2 Å². The molecule has 2 unspecified atom stereocenters. The molecule has 1 amide bonds. The molecule has 3 rings (SSSR count). The summed E-state index contributed by atoms with van der Waals surface area (Å²) >= 11 is 0. The Morgan fingerprint density at radius 1 is 1.37 bits per heavy atom. The lowest BCUT2D eigenvalue weighted by molar-refractivity contribution is -0.125. The molecule has 1 saturated heterocycles. The van der Waals surface area contributed by atoms with E-state index in [1.165, 1.54) is 0 Å². The smallest absolute Gasteiger partial charge is 0.229 e. The monoisotopic (exact) mass is 262 g/mol. The molecule has 2 heterocycles. The fourth-order valence-electron chi connectivity index (χ4n) is 2.51. The first-order chi connectivity index (χ1) is 9.34. The summed E-state index contributed by atoms with van der Waals surface area (Å²) in [5, 5.41) is 6.20. The van der Waals surface area contributed by atoms with Gasteiger partial charge in [-0.2, -0.15) is 0 Å². The zero-order chi connectivity index (χ0) is 13.1. The normalized spacial score (nSPS) is 25.5. The van der Waals surface area contributed by atoms with Crippen molar-refractivity contribution in [2.45, 2.75) is 12.0 Å². The van der Waals surface area contributed by atoms with Gasteiger partial charge < -0.3 is 20.1 Å². The predicted octanol–water partition coefficient (Wildman–Crippen LogP) is 0.727. The molecule has 102 valence electrons. The van der Waals surface area contributed by atoms with Crippen LogP contribution in [0.2, 0.25) is 0 Å². The number of hydrogen-bond donors (Lipinski definition) is 2. The van der Waals surface area contributed by atoms with Gasteiger partial charge in [0.05, 0.1) is 31.8 Å². The first kappa shape index (κ1) is 12.4. The maximum atomic E-state index is 12.2. The van der Waals surface area contributed by atoms with Gasteiger partial charge in [0, 0.05) is 18.8 Å². The number of hydrogen-bond acceptors (Lipinski definition) is 4. The van der Waals surface area contributed by atoms with E-state index in [2.05, 4.69) is 10.6 Å². The highest BCUT2D eigenvalue weighted by atomic mass is 16.6. The van der Waals surface area contributed by atoms with Crippen molar-refractivity contribution < 1.29 is 14.3 Å². The molecular weight excluding hydrogens is 244 g/mol. The minimum atomic E-state index is -0.110. The number of amides is 1. The number of para-hydroxylation sites is 1. The molecule has 0 saturated carbocycles. The van der Waals surface area contributed by atoms with Crippen molar-refractivity contribution in [2.24, 2.45) is 0 Å². The van der Waals surface area contributed by atoms with E-state index >= 15 is 0 Å². The van der Waals surface area contributed by atoms with E-state index in [-0.39, 0.29) is 17.9 Å². The van der Waals surface area contributed by atoms with Gasteiger partial charge in [0.1, 0.15) is 0 Å². The van der Waals surface area contributed by atoms with Crippen molar-refractivity contribution in [1.82, 2.24) is 5.32 Å². The van der Waals surface area contributed by atoms with Gasteiger partial charge in [-0.1, -0.05) is 18.2 Å². The number of anilines is 1. The lowest BCUT2D eigenvalue weighted by Gasteiger charge is -2.23. The average molecular weight is 262 g/mol. The molecule has 0 bridgehead atoms. The minimum Gasteiger partial charge on any atom is -0.384 e. The summed E-state index contributed by atoms with van der Waals surface area (Å²) in [6.45, 7) is 2.98. The van der Waals surface area contributed by atoms with Crippen LogP contribution in [0.3, 0.4) is 0 Å². The van der Waals surface area contributed by atoms with Crippen molar-refractivity contribution >= 4 is 11.6 Å². The van der Waals surface area contributed by atoms with Crippen molar-refractivity contribution in [3.8, 4) is 0 Å². The highest BCUT2D eigenvalue weighted by Gasteiger charge is 2.28. The highest BCUT2D eigenvalue weighted by molar-refractivity contribution is 5.88. The second kappa shape index (κ2) is 5.59. The molecule has 0 spiro atoms. The molecule has 1 fully saturated rings. The van der Waals surface area contributed by atoms with Crippen LogP contribution < -0.4 is 10.6 Å². The van der Waals surface area contributed by atoms with Gasteiger partial charge in [-0.3, -0.25) is 4.79 Å². The Balaban J connectivity index is 1.56. The fourth-order valence-corrected chi connectivity index (χ4v) is 2.51. The Kier molecular flexibility index (Phi) is 3.66. The van der Waals surface area contributed by atoms with Crippen LogP contribution >= 0.6 is 0 Å². The number of ether oxygens (including phenoxy) is 2. The van der Waals surface area contributed by atoms with E-state index in [9.17, 15) is 4.79 Å². The summed E-state index contributed by atoms with van der Waals surface area (Å²) in [6, 6.07) is 7.93. The van der Waals surface area contributed by atoms with Crippen LogP contribution in [0.25, 0.3) is 0 Å². The van der Waals surface area contributed by atoms with Crippen LogP contribution in [-0.2, 0) is 14.3 Å². The highest BCUT2D eigenvalue weighted by Crippen LogP contribution is 2.30. The van der Waals surface area contributed by atoms with E-state index < -0.39 is 0 Å². The molecule has 2 aliphatic heterocycles. The molecule has 0 aromatic heterocycles. The van der Waals surface area contributed by atoms with Gasteiger partial charge in [0.15, 0.2) is 0 Å². The number of benzene rings is 1. The average Bonchev–Trinajstić information content (AvgIpc) is 2.90. The number of carbonyl (C=O) groups excluding carboxylic acids is 1. The zero-order valence-electron chi connectivity index (χ0n) is 10.7. The first-order valence-electron chi connectivity index (χ1n) is 6.64. The molecule has 2 aliphatic rings. The molecule has 5 heteroatoms. The van der Waals surface area contributed by atoms with Crippen molar-refractivity contribution in [3.05, 3.63) is 29.8 Å². The Morgan fingerprint density at radius 3 is 3.11 bits per heavy atom. The molecule has 5 nitrogen and oxygen atoms in total. The second-order valence-electron chi connectivity index (χ2n) is 4.83. The van der Waals surface area contributed by atoms with E-state index in [0.717, 1.165) is 11.3 Å². The molecule has 0 radical (unpaired) electrons. The van der Waals surface area contributed by atoms with Crippen molar-refractivity contribution in [1.29, 1.82) is 0 Å². The summed E-state index contributed by atoms with van der Waals surface area (Å²) < 4.78 is 10.8. The van der Waals surface area contributed by atoms with Gasteiger partial charge in [0.25, 0.3) is 0 Å². The van der Waals surface area contributed by atoms with E-state index in [1.807, 2.05) is 24.3 Å². The summed E-state index contributed by atoms with van der Waals surface area (Å²) in [5.41, 5.74) is 2.13. The lowest BCUT2D eigenvalue weighted by Crippen LogP contribution is -2.41. The quantitative estimate of drug-likeness (QED) is 0.843. The van der Waals surface area contributed by atoms with Gasteiger partial charge >= 0.3 is 0 Å². The second-order valence-corrected chi connectivity index (χ2v) is 4.83. The lowest BCUT2D eigenvalue weighted by atomic mass is 10.0. The van der Waals surface area contributed by atoms with Crippen LogP contribution in [0.4, 0.5) is 5.69 Å². The zero-order valence-corrected chi connectivity index (χ0v) is 10.7. The van der Waals surface area contributed by atoms with Crippen LogP contribution in [0.1, 0.15) is 11.5 Å². The summed E-state index contributed by atoms with van der Waals surface area (Å²) in [5.74, 6) is -0.0627. The van der Waals surface area contributed by atoms with Crippen LogP contribution in [0.15, 0.2) is 24.3 Å². The van der Waals surface area contributed by atoms with Gasteiger partial charge in [-0.15, -0.1) is 0 Å². The molecule has 2 atom stereocenters. The van der Waals surface area contributed by atoms with Crippen molar-refractivity contribution in [3.63, 3.8) is 0 Å². The van der Waals surface area contributed by atoms with Crippen LogP contribution in [0.5, 0.6) is 0 Å². The molecule has 1 aromatic rings. The third kappa shape index (κ3) is 2.72. The third-order valence-electron chi connectivity index (χ3n) is 3.54. The number of carbonyl (C=O) groups is 1. The van der Waals surface area contributed by atoms with Gasteiger partial charge in [-0.05, 0) is 11.6 Å². The fraction of sp³-hybridized carbons (Fsp3) is 0.500. The maximum absolute atomic E-state index is 12.2. The molecule has 2 N–H and O–H groups in total. The van der Waals surface area contributed by atoms with Gasteiger partial charge in [0.2, 0.25) is 5.91 Å². The Morgan fingerprint density at radius 2 is 2.26 bits per heavy atom. The molecule has 19 heavy (non-hydrogen) atoms. The molecular formula is C14H18N2O3. The third-order valence-corrected chi connectivity index (χ3v) is 3.54. The summed E-state index contributed by atoms with van der Waals surface area (Å²) in [6.07, 6.45) is -0.0256. The minimum absolute atomic E-state index is 0.0256. The summed E-state index contributed by atoms with van der Waals surface area (Å²) in [7, 11) is 0. The largest absolute Gasteiger partial charge is 0.384 e. The van der Waals surface area contributed by atoms with E-state index in [4.69, 9.17) is 9.47 Å². The molecule has 1 aromatic carbocycles. The Labute approximate surface area is 112 Å². The van der Waals surface area contributed by atoms with Gasteiger partial charge in [-0.25, -0.2) is 0 Å². The first-order valence-corrected chi connectivity index (χ1v) is 6.64. The van der Waals surface area contributed by atoms with Crippen LogP contribution in [0, 0.1) is 0 Å². The number of nitrogens with one attached hydrogen (secondary N) is 2. The number of rotatable bonds is 3. The van der Waals surface area contributed by atoms with E-state index in [1.54, 1.807) is 0 Å². The maximum Gasteiger partial charge on any atom is 0.229 e.